The van der Waals surface area contributed by atoms with Crippen LogP contribution in [0.25, 0.3) is 16.5 Å². The van der Waals surface area contributed by atoms with Crippen molar-refractivity contribution in [1.82, 2.24) is 14.8 Å². The summed E-state index contributed by atoms with van der Waals surface area (Å²) >= 11 is 0. The minimum absolute atomic E-state index is 0.491. The highest BCUT2D eigenvalue weighted by atomic mass is 16.5. The molecule has 0 saturated heterocycles. The molecule has 8 nitrogen and oxygen atoms in total. The summed E-state index contributed by atoms with van der Waals surface area (Å²) in [6.45, 7) is 2.41. The Kier molecular flexibility index (Phi) is 4.99. The number of aromatic nitrogens is 3. The molecule has 3 heterocycles. The lowest BCUT2D eigenvalue weighted by molar-refractivity contribution is 0.221. The second-order valence-electron chi connectivity index (χ2n) is 7.46. The van der Waals surface area contributed by atoms with Gasteiger partial charge in [-0.25, -0.2) is 9.99 Å². The molecule has 1 atom stereocenters. The SMILES string of the molecule is CCOc1ccc2c(n1)=C(c1ccc(OC)cc1)C(O)N(c1ccc3nn(C)cc3c1)N=2. The maximum atomic E-state index is 11.5. The molecular formula is C24H23N5O3. The van der Waals surface area contributed by atoms with Crippen molar-refractivity contribution in [2.24, 2.45) is 12.1 Å². The quantitative estimate of drug-likeness (QED) is 0.522. The largest absolute Gasteiger partial charge is 0.497 e. The number of fused-ring (bicyclic) bond motifs is 2. The van der Waals surface area contributed by atoms with Crippen LogP contribution in [0, 0.1) is 0 Å². The monoisotopic (exact) mass is 429 g/mol. The molecule has 0 fully saturated rings. The molecule has 0 bridgehead atoms. The lowest BCUT2D eigenvalue weighted by atomic mass is 10.0. The summed E-state index contributed by atoms with van der Waals surface area (Å²) in [5.41, 5.74) is 3.10. The van der Waals surface area contributed by atoms with Gasteiger partial charge in [-0.2, -0.15) is 10.2 Å². The molecule has 1 aliphatic heterocycles. The number of anilines is 1. The molecule has 2 aromatic heterocycles. The highest BCUT2D eigenvalue weighted by molar-refractivity contribution is 5.83. The number of aliphatic hydroxyl groups excluding tert-OH is 1. The van der Waals surface area contributed by atoms with Crippen LogP contribution in [0.2, 0.25) is 0 Å². The Morgan fingerprint density at radius 1 is 1.06 bits per heavy atom. The fourth-order valence-corrected chi connectivity index (χ4v) is 3.89. The van der Waals surface area contributed by atoms with Gasteiger partial charge >= 0.3 is 0 Å². The first-order valence-corrected chi connectivity index (χ1v) is 10.3. The van der Waals surface area contributed by atoms with E-state index >= 15 is 0 Å². The zero-order chi connectivity index (χ0) is 22.2. The van der Waals surface area contributed by atoms with Crippen molar-refractivity contribution in [3.8, 4) is 11.6 Å². The highest BCUT2D eigenvalue weighted by Gasteiger charge is 2.27. The third-order valence-corrected chi connectivity index (χ3v) is 5.37. The Balaban J connectivity index is 1.70. The number of ether oxygens (including phenoxy) is 2. The van der Waals surface area contributed by atoms with E-state index < -0.39 is 6.23 Å². The molecule has 0 saturated carbocycles. The van der Waals surface area contributed by atoms with Crippen LogP contribution in [-0.4, -0.2) is 39.8 Å². The molecule has 0 radical (unpaired) electrons. The maximum Gasteiger partial charge on any atom is 0.213 e. The van der Waals surface area contributed by atoms with E-state index in [1.165, 1.54) is 0 Å². The van der Waals surface area contributed by atoms with Gasteiger partial charge in [-0.3, -0.25) is 4.68 Å². The van der Waals surface area contributed by atoms with Gasteiger partial charge in [0.05, 0.1) is 24.9 Å². The van der Waals surface area contributed by atoms with Gasteiger partial charge in [-0.05, 0) is 48.9 Å². The molecule has 5 rings (SSSR count). The first kappa shape index (κ1) is 20.0. The lowest BCUT2D eigenvalue weighted by Gasteiger charge is -2.30. The van der Waals surface area contributed by atoms with Gasteiger partial charge in [-0.15, -0.1) is 0 Å². The molecule has 1 N–H and O–H groups in total. The van der Waals surface area contributed by atoms with Crippen LogP contribution in [0.5, 0.6) is 11.6 Å². The van der Waals surface area contributed by atoms with Crippen LogP contribution in [0.4, 0.5) is 5.69 Å². The van der Waals surface area contributed by atoms with Crippen molar-refractivity contribution < 1.29 is 14.6 Å². The molecule has 162 valence electrons. The van der Waals surface area contributed by atoms with Gasteiger partial charge in [-0.1, -0.05) is 12.1 Å². The van der Waals surface area contributed by atoms with Gasteiger partial charge in [0.15, 0.2) is 6.23 Å². The number of aryl methyl sites for hydroxylation is 1. The van der Waals surface area contributed by atoms with Crippen LogP contribution in [0.15, 0.2) is 65.9 Å². The van der Waals surface area contributed by atoms with Gasteiger partial charge < -0.3 is 14.6 Å². The molecule has 1 aliphatic rings. The van der Waals surface area contributed by atoms with Crippen LogP contribution in [0.3, 0.4) is 0 Å². The molecule has 1 unspecified atom stereocenters. The van der Waals surface area contributed by atoms with Crippen molar-refractivity contribution >= 4 is 22.2 Å². The Hall–Kier alpha value is -3.91. The number of aliphatic hydroxyl groups is 1. The zero-order valence-corrected chi connectivity index (χ0v) is 18.1. The van der Waals surface area contributed by atoms with E-state index in [-0.39, 0.29) is 0 Å². The van der Waals surface area contributed by atoms with Crippen LogP contribution in [0.1, 0.15) is 12.5 Å². The predicted molar refractivity (Wildman–Crippen MR) is 121 cm³/mol. The van der Waals surface area contributed by atoms with Crippen LogP contribution in [-0.2, 0) is 7.05 Å². The molecule has 0 spiro atoms. The van der Waals surface area contributed by atoms with Gasteiger partial charge in [0, 0.05) is 30.3 Å². The number of nitrogens with zero attached hydrogens (tertiary/aromatic N) is 5. The Morgan fingerprint density at radius 2 is 1.88 bits per heavy atom. The van der Waals surface area contributed by atoms with E-state index in [2.05, 4.69) is 10.1 Å². The second-order valence-corrected chi connectivity index (χ2v) is 7.46. The van der Waals surface area contributed by atoms with Crippen molar-refractivity contribution in [3.63, 3.8) is 0 Å². The highest BCUT2D eigenvalue weighted by Crippen LogP contribution is 2.28. The normalized spacial score (nSPS) is 15.4. The molecular weight excluding hydrogens is 406 g/mol. The predicted octanol–water partition coefficient (Wildman–Crippen LogP) is 1.95. The average molecular weight is 429 g/mol. The Morgan fingerprint density at radius 3 is 2.62 bits per heavy atom. The summed E-state index contributed by atoms with van der Waals surface area (Å²) in [6, 6.07) is 17.0. The van der Waals surface area contributed by atoms with E-state index in [1.54, 1.807) is 22.9 Å². The minimum atomic E-state index is -1.05. The molecule has 8 heteroatoms. The van der Waals surface area contributed by atoms with Crippen molar-refractivity contribution in [1.29, 1.82) is 0 Å². The number of hydrogen-bond donors (Lipinski definition) is 1. The zero-order valence-electron chi connectivity index (χ0n) is 18.1. The van der Waals surface area contributed by atoms with E-state index in [1.807, 2.05) is 68.7 Å². The number of methoxy groups -OCH3 is 1. The minimum Gasteiger partial charge on any atom is -0.497 e. The fraction of sp³-hybridized carbons (Fsp3) is 0.208. The molecule has 0 aliphatic carbocycles. The molecule has 32 heavy (non-hydrogen) atoms. The smallest absolute Gasteiger partial charge is 0.213 e. The van der Waals surface area contributed by atoms with Gasteiger partial charge in [0.1, 0.15) is 16.5 Å². The number of pyridine rings is 1. The number of benzene rings is 2. The number of rotatable bonds is 5. The molecule has 2 aromatic carbocycles. The summed E-state index contributed by atoms with van der Waals surface area (Å²) in [5.74, 6) is 1.23. The first-order valence-electron chi connectivity index (χ1n) is 10.3. The standard InChI is InChI=1S/C24H23N5O3/c1-4-32-21-12-11-20-23(25-21)22(15-5-8-18(31-3)9-6-15)24(30)29(27-20)17-7-10-19-16(13-17)14-28(2)26-19/h5-14,24,30H,4H2,1-3H3. The lowest BCUT2D eigenvalue weighted by Crippen LogP contribution is -2.47. The third-order valence-electron chi connectivity index (χ3n) is 5.37. The van der Waals surface area contributed by atoms with Gasteiger partial charge in [0.25, 0.3) is 0 Å². The summed E-state index contributed by atoms with van der Waals surface area (Å²) < 4.78 is 12.7. The van der Waals surface area contributed by atoms with Crippen molar-refractivity contribution in [2.75, 3.05) is 18.7 Å². The fourth-order valence-electron chi connectivity index (χ4n) is 3.89. The summed E-state index contributed by atoms with van der Waals surface area (Å²) in [5, 5.41) is 24.4. The van der Waals surface area contributed by atoms with Crippen molar-refractivity contribution in [3.05, 3.63) is 77.1 Å². The molecule has 0 amide bonds. The third kappa shape index (κ3) is 3.44. The summed E-state index contributed by atoms with van der Waals surface area (Å²) in [6.07, 6.45) is 0.891. The molecule has 4 aromatic rings. The Labute approximate surface area is 184 Å². The van der Waals surface area contributed by atoms with Crippen molar-refractivity contribution in [2.45, 2.75) is 13.2 Å². The first-order chi connectivity index (χ1) is 15.6. The van der Waals surface area contributed by atoms with E-state index in [0.29, 0.717) is 28.8 Å². The van der Waals surface area contributed by atoms with E-state index in [9.17, 15) is 5.11 Å². The summed E-state index contributed by atoms with van der Waals surface area (Å²) in [7, 11) is 3.51. The van der Waals surface area contributed by atoms with E-state index in [4.69, 9.17) is 14.6 Å². The average Bonchev–Trinajstić information content (AvgIpc) is 3.18. The second kappa shape index (κ2) is 7.97. The van der Waals surface area contributed by atoms with E-state index in [0.717, 1.165) is 27.9 Å². The van der Waals surface area contributed by atoms with Gasteiger partial charge in [0.2, 0.25) is 5.88 Å². The summed E-state index contributed by atoms with van der Waals surface area (Å²) in [4.78, 5) is 4.65. The number of hydrogen-bond acceptors (Lipinski definition) is 7. The Bertz CT molecular complexity index is 1410. The topological polar surface area (TPSA) is 85.0 Å². The van der Waals surface area contributed by atoms with Crippen LogP contribution < -0.4 is 25.2 Å². The maximum absolute atomic E-state index is 11.5. The van der Waals surface area contributed by atoms with Crippen LogP contribution >= 0.6 is 0 Å².